The second-order valence-corrected chi connectivity index (χ2v) is 8.50. The number of rotatable bonds is 8. The Labute approximate surface area is 148 Å². The fraction of sp³-hybridized carbons (Fsp3) is 0.714. The zero-order chi connectivity index (χ0) is 17.6. The van der Waals surface area contributed by atoms with Crippen molar-refractivity contribution in [2.75, 3.05) is 46.4 Å². The molecule has 3 heteroatoms. The molecule has 1 aromatic carbocycles. The van der Waals surface area contributed by atoms with E-state index in [4.69, 9.17) is 0 Å². The maximum atomic E-state index is 9.46. The number of nitrogens with zero attached hydrogens (tertiary/aromatic N) is 2. The molecule has 1 N–H and O–H groups in total. The van der Waals surface area contributed by atoms with Crippen molar-refractivity contribution in [3.8, 4) is 0 Å². The van der Waals surface area contributed by atoms with Gasteiger partial charge in [-0.25, -0.2) is 0 Å². The molecular formula is C21H36N2O. The third kappa shape index (κ3) is 6.19. The number of likely N-dealkylation sites (tertiary alicyclic amines) is 1. The molecule has 0 amide bonds. The number of aliphatic hydroxyl groups is 1. The molecule has 0 aromatic heterocycles. The van der Waals surface area contributed by atoms with E-state index in [1.54, 1.807) is 0 Å². The zero-order valence-corrected chi connectivity index (χ0v) is 16.1. The molecule has 1 aliphatic rings. The predicted molar refractivity (Wildman–Crippen MR) is 102 cm³/mol. The average Bonchev–Trinajstić information content (AvgIpc) is 2.54. The van der Waals surface area contributed by atoms with Gasteiger partial charge in [0.15, 0.2) is 0 Å². The first-order valence-corrected chi connectivity index (χ1v) is 9.46. The lowest BCUT2D eigenvalue weighted by molar-refractivity contribution is 0.0907. The van der Waals surface area contributed by atoms with Gasteiger partial charge in [-0.2, -0.15) is 0 Å². The van der Waals surface area contributed by atoms with Crippen LogP contribution >= 0.6 is 0 Å². The summed E-state index contributed by atoms with van der Waals surface area (Å²) in [5.74, 6) is 0.759. The Morgan fingerprint density at radius 3 is 2.75 bits per heavy atom. The van der Waals surface area contributed by atoms with Crippen LogP contribution in [0.15, 0.2) is 24.3 Å². The highest BCUT2D eigenvalue weighted by atomic mass is 16.3. The third-order valence-corrected chi connectivity index (χ3v) is 5.26. The Kier molecular flexibility index (Phi) is 7.27. The first-order chi connectivity index (χ1) is 11.4. The molecule has 1 fully saturated rings. The number of hydrogen-bond acceptors (Lipinski definition) is 3. The van der Waals surface area contributed by atoms with Crippen molar-refractivity contribution < 1.29 is 5.11 Å². The number of benzene rings is 1. The monoisotopic (exact) mass is 332 g/mol. The summed E-state index contributed by atoms with van der Waals surface area (Å²) in [7, 11) is 2.20. The van der Waals surface area contributed by atoms with Crippen LogP contribution in [-0.2, 0) is 6.42 Å². The molecule has 1 heterocycles. The molecule has 1 aliphatic heterocycles. The lowest BCUT2D eigenvalue weighted by atomic mass is 9.92. The maximum Gasteiger partial charge on any atom is 0.0494 e. The average molecular weight is 333 g/mol. The second-order valence-electron chi connectivity index (χ2n) is 8.50. The van der Waals surface area contributed by atoms with Gasteiger partial charge in [-0.05, 0) is 56.8 Å². The zero-order valence-electron chi connectivity index (χ0n) is 16.1. The fourth-order valence-electron chi connectivity index (χ4n) is 3.96. The smallest absolute Gasteiger partial charge is 0.0494 e. The molecular weight excluding hydrogens is 296 g/mol. The molecule has 1 aromatic rings. The quantitative estimate of drug-likeness (QED) is 0.792. The summed E-state index contributed by atoms with van der Waals surface area (Å²) in [5.41, 5.74) is 2.90. The van der Waals surface area contributed by atoms with E-state index >= 15 is 0 Å². The van der Waals surface area contributed by atoms with Crippen molar-refractivity contribution >= 4 is 0 Å². The van der Waals surface area contributed by atoms with Crippen LogP contribution in [-0.4, -0.2) is 61.3 Å². The number of hydrogen-bond donors (Lipinski definition) is 1. The molecule has 0 saturated carbocycles. The summed E-state index contributed by atoms with van der Waals surface area (Å²) in [6.45, 7) is 12.5. The third-order valence-electron chi connectivity index (χ3n) is 5.26. The highest BCUT2D eigenvalue weighted by Crippen LogP contribution is 2.21. The van der Waals surface area contributed by atoms with Crippen LogP contribution in [0, 0.1) is 18.3 Å². The van der Waals surface area contributed by atoms with Gasteiger partial charge in [-0.3, -0.25) is 0 Å². The summed E-state index contributed by atoms with van der Waals surface area (Å²) >= 11 is 0. The first-order valence-electron chi connectivity index (χ1n) is 9.46. The summed E-state index contributed by atoms with van der Waals surface area (Å²) in [6.07, 6.45) is 3.81. The van der Waals surface area contributed by atoms with Crippen molar-refractivity contribution in [2.45, 2.75) is 40.0 Å². The minimum atomic E-state index is -0.00601. The molecule has 1 unspecified atom stereocenters. The molecule has 1 atom stereocenters. The lowest BCUT2D eigenvalue weighted by Gasteiger charge is -2.36. The number of piperidine rings is 1. The van der Waals surface area contributed by atoms with Crippen LogP contribution in [0.5, 0.6) is 0 Å². The Bertz CT molecular complexity index is 500. The molecule has 0 aliphatic carbocycles. The van der Waals surface area contributed by atoms with Gasteiger partial charge in [0.1, 0.15) is 0 Å². The highest BCUT2D eigenvalue weighted by Gasteiger charge is 2.24. The number of aryl methyl sites for hydroxylation is 1. The Morgan fingerprint density at radius 2 is 2.04 bits per heavy atom. The standard InChI is InChI=1S/C21H36N2O/c1-18-8-5-6-10-20(18)11-13-23-12-7-9-19(15-23)14-22(4)16-21(2,3)17-24/h5-6,8,10,19,24H,7,9,11-17H2,1-4H3. The van der Waals surface area contributed by atoms with Crippen molar-refractivity contribution in [1.29, 1.82) is 0 Å². The van der Waals surface area contributed by atoms with E-state index < -0.39 is 0 Å². The molecule has 0 bridgehead atoms. The first kappa shape index (κ1) is 19.4. The minimum Gasteiger partial charge on any atom is -0.396 e. The van der Waals surface area contributed by atoms with Crippen molar-refractivity contribution in [2.24, 2.45) is 11.3 Å². The maximum absolute atomic E-state index is 9.46. The van der Waals surface area contributed by atoms with E-state index in [1.807, 2.05) is 0 Å². The summed E-state index contributed by atoms with van der Waals surface area (Å²) in [6, 6.07) is 8.76. The van der Waals surface area contributed by atoms with Gasteiger partial charge >= 0.3 is 0 Å². The van der Waals surface area contributed by atoms with E-state index in [0.717, 1.165) is 25.4 Å². The van der Waals surface area contributed by atoms with Gasteiger partial charge in [-0.15, -0.1) is 0 Å². The van der Waals surface area contributed by atoms with E-state index in [1.165, 1.54) is 43.6 Å². The molecule has 3 nitrogen and oxygen atoms in total. The molecule has 0 radical (unpaired) electrons. The van der Waals surface area contributed by atoms with Crippen LogP contribution in [0.2, 0.25) is 0 Å². The van der Waals surface area contributed by atoms with Gasteiger partial charge in [0.2, 0.25) is 0 Å². The topological polar surface area (TPSA) is 26.7 Å². The highest BCUT2D eigenvalue weighted by molar-refractivity contribution is 5.25. The Hall–Kier alpha value is -0.900. The van der Waals surface area contributed by atoms with E-state index in [-0.39, 0.29) is 12.0 Å². The minimum absolute atomic E-state index is 0.00601. The van der Waals surface area contributed by atoms with Gasteiger partial charge in [0.25, 0.3) is 0 Å². The SMILES string of the molecule is Cc1ccccc1CCN1CCCC(CN(C)CC(C)(C)CO)C1. The van der Waals surface area contributed by atoms with Crippen LogP contribution in [0.4, 0.5) is 0 Å². The van der Waals surface area contributed by atoms with Crippen LogP contribution in [0.1, 0.15) is 37.8 Å². The van der Waals surface area contributed by atoms with Crippen LogP contribution in [0.25, 0.3) is 0 Å². The molecule has 2 rings (SSSR count). The second kappa shape index (κ2) is 8.98. The van der Waals surface area contributed by atoms with Crippen molar-refractivity contribution in [3.05, 3.63) is 35.4 Å². The fourth-order valence-corrected chi connectivity index (χ4v) is 3.96. The van der Waals surface area contributed by atoms with Gasteiger partial charge in [0.05, 0.1) is 0 Å². The van der Waals surface area contributed by atoms with Crippen molar-refractivity contribution in [3.63, 3.8) is 0 Å². The molecule has 0 spiro atoms. The normalized spacial score (nSPS) is 19.8. The van der Waals surface area contributed by atoms with E-state index in [0.29, 0.717) is 0 Å². The summed E-state index contributed by atoms with van der Waals surface area (Å²) in [5, 5.41) is 9.46. The van der Waals surface area contributed by atoms with Crippen LogP contribution < -0.4 is 0 Å². The van der Waals surface area contributed by atoms with Gasteiger partial charge < -0.3 is 14.9 Å². The Balaban J connectivity index is 1.78. The molecule has 24 heavy (non-hydrogen) atoms. The largest absolute Gasteiger partial charge is 0.396 e. The summed E-state index contributed by atoms with van der Waals surface area (Å²) in [4.78, 5) is 5.05. The molecule has 1 saturated heterocycles. The Morgan fingerprint density at radius 1 is 1.29 bits per heavy atom. The van der Waals surface area contributed by atoms with Crippen LogP contribution in [0.3, 0.4) is 0 Å². The van der Waals surface area contributed by atoms with Gasteiger partial charge in [-0.1, -0.05) is 38.1 Å². The molecule has 136 valence electrons. The van der Waals surface area contributed by atoms with E-state index in [9.17, 15) is 5.11 Å². The summed E-state index contributed by atoms with van der Waals surface area (Å²) < 4.78 is 0. The van der Waals surface area contributed by atoms with E-state index in [2.05, 4.69) is 61.9 Å². The number of aliphatic hydroxyl groups excluding tert-OH is 1. The van der Waals surface area contributed by atoms with Gasteiger partial charge in [0, 0.05) is 38.2 Å². The lowest BCUT2D eigenvalue weighted by Crippen LogP contribution is -2.43. The van der Waals surface area contributed by atoms with Crippen molar-refractivity contribution in [1.82, 2.24) is 9.80 Å². The predicted octanol–water partition coefficient (Wildman–Crippen LogP) is 3.20.